The summed E-state index contributed by atoms with van der Waals surface area (Å²) in [4.78, 5) is 65.1. The standard InChI is InChI=1S/C27H32N6O7/c28-18(10-15-6-2-1-3-7-15)24(36)31-20(11-16-13-30-19-9-5-4-8-17(16)19)25(37)32-21(12-23(29)35)26(38)33-22(14-34)27(39)40/h1-9,13,18,20-22,30,34H,10-12,14,28H2,(H2,29,35)(H,31,36)(H,32,37)(H,33,38)(H,39,40). The highest BCUT2D eigenvalue weighted by atomic mass is 16.4. The number of aromatic amines is 1. The van der Waals surface area contributed by atoms with Gasteiger partial charge in [0.2, 0.25) is 23.6 Å². The van der Waals surface area contributed by atoms with Crippen LogP contribution in [-0.4, -0.2) is 75.6 Å². The van der Waals surface area contributed by atoms with Gasteiger partial charge < -0.3 is 42.6 Å². The van der Waals surface area contributed by atoms with E-state index in [9.17, 15) is 29.1 Å². The number of aliphatic hydroxyl groups excluding tert-OH is 1. The molecule has 0 fully saturated rings. The van der Waals surface area contributed by atoms with Crippen LogP contribution in [0.4, 0.5) is 0 Å². The molecule has 1 aromatic heterocycles. The quantitative estimate of drug-likeness (QED) is 0.119. The summed E-state index contributed by atoms with van der Waals surface area (Å²) >= 11 is 0. The highest BCUT2D eigenvalue weighted by Gasteiger charge is 2.31. The number of H-pyrrole nitrogens is 1. The molecule has 0 aliphatic rings. The predicted octanol–water partition coefficient (Wildman–Crippen LogP) is -1.31. The SMILES string of the molecule is NC(=O)CC(NC(=O)C(Cc1c[nH]c2ccccc12)NC(=O)C(N)Cc1ccccc1)C(=O)NC(CO)C(=O)O. The van der Waals surface area contributed by atoms with Gasteiger partial charge in [0, 0.05) is 23.5 Å². The normalized spacial score (nSPS) is 13.9. The smallest absolute Gasteiger partial charge is 0.328 e. The first-order valence-corrected chi connectivity index (χ1v) is 12.5. The molecule has 0 saturated heterocycles. The zero-order valence-corrected chi connectivity index (χ0v) is 21.5. The maximum atomic E-state index is 13.4. The number of carbonyl (C=O) groups excluding carboxylic acids is 4. The Morgan fingerprint density at radius 2 is 1.40 bits per heavy atom. The average Bonchev–Trinajstić information content (AvgIpc) is 3.33. The zero-order chi connectivity index (χ0) is 29.2. The van der Waals surface area contributed by atoms with Crippen LogP contribution in [0.3, 0.4) is 0 Å². The molecule has 0 radical (unpaired) electrons. The molecule has 4 unspecified atom stereocenters. The van der Waals surface area contributed by atoms with Crippen LogP contribution in [0, 0.1) is 0 Å². The number of nitrogens with one attached hydrogen (secondary N) is 4. The number of hydrogen-bond acceptors (Lipinski definition) is 7. The van der Waals surface area contributed by atoms with Gasteiger partial charge in [0.25, 0.3) is 0 Å². The first kappa shape index (κ1) is 29.8. The second kappa shape index (κ2) is 13.9. The van der Waals surface area contributed by atoms with E-state index in [-0.39, 0.29) is 12.8 Å². The van der Waals surface area contributed by atoms with E-state index in [4.69, 9.17) is 16.6 Å². The fraction of sp³-hybridized carbons (Fsp3) is 0.296. The van der Waals surface area contributed by atoms with Crippen molar-refractivity contribution < 1.29 is 34.2 Å². The van der Waals surface area contributed by atoms with Gasteiger partial charge in [0.15, 0.2) is 0 Å². The third kappa shape index (κ3) is 8.12. The summed E-state index contributed by atoms with van der Waals surface area (Å²) in [6.45, 7) is -0.920. The van der Waals surface area contributed by atoms with Crippen LogP contribution in [0.25, 0.3) is 10.9 Å². The predicted molar refractivity (Wildman–Crippen MR) is 144 cm³/mol. The minimum Gasteiger partial charge on any atom is -0.480 e. The molecule has 3 aromatic rings. The average molecular weight is 553 g/mol. The monoisotopic (exact) mass is 552 g/mol. The summed E-state index contributed by atoms with van der Waals surface area (Å²) in [5, 5.41) is 26.2. The molecule has 13 heteroatoms. The lowest BCUT2D eigenvalue weighted by molar-refractivity contribution is -0.143. The van der Waals surface area contributed by atoms with Crippen LogP contribution >= 0.6 is 0 Å². The van der Waals surface area contributed by atoms with Gasteiger partial charge in [0.05, 0.1) is 19.1 Å². The second-order valence-electron chi connectivity index (χ2n) is 9.23. The molecule has 0 saturated carbocycles. The van der Waals surface area contributed by atoms with Gasteiger partial charge in [0.1, 0.15) is 18.1 Å². The van der Waals surface area contributed by atoms with E-state index in [1.54, 1.807) is 6.20 Å². The lowest BCUT2D eigenvalue weighted by Crippen LogP contribution is -2.58. The zero-order valence-electron chi connectivity index (χ0n) is 21.5. The maximum Gasteiger partial charge on any atom is 0.328 e. The van der Waals surface area contributed by atoms with E-state index in [1.165, 1.54) is 0 Å². The van der Waals surface area contributed by atoms with Gasteiger partial charge in [-0.15, -0.1) is 0 Å². The van der Waals surface area contributed by atoms with Crippen molar-refractivity contribution in [3.05, 3.63) is 71.9 Å². The van der Waals surface area contributed by atoms with E-state index >= 15 is 0 Å². The van der Waals surface area contributed by atoms with E-state index < -0.39 is 66.8 Å². The van der Waals surface area contributed by atoms with E-state index in [0.29, 0.717) is 5.56 Å². The molecule has 10 N–H and O–H groups in total. The Bertz CT molecular complexity index is 1360. The largest absolute Gasteiger partial charge is 0.480 e. The number of hydrogen-bond donors (Lipinski definition) is 8. The lowest BCUT2D eigenvalue weighted by atomic mass is 10.0. The molecule has 40 heavy (non-hydrogen) atoms. The van der Waals surface area contributed by atoms with Crippen LogP contribution in [-0.2, 0) is 36.8 Å². The van der Waals surface area contributed by atoms with Crippen LogP contribution in [0.5, 0.6) is 0 Å². The topological polar surface area (TPSA) is 230 Å². The molecule has 0 spiro atoms. The Labute approximate surface area is 229 Å². The summed E-state index contributed by atoms with van der Waals surface area (Å²) < 4.78 is 0. The molecular formula is C27H32N6O7. The number of aromatic nitrogens is 1. The molecule has 3 rings (SSSR count). The number of para-hydroxylation sites is 1. The van der Waals surface area contributed by atoms with E-state index in [0.717, 1.165) is 16.5 Å². The van der Waals surface area contributed by atoms with Crippen LogP contribution in [0.1, 0.15) is 17.5 Å². The van der Waals surface area contributed by atoms with Crippen molar-refractivity contribution in [3.63, 3.8) is 0 Å². The summed E-state index contributed by atoms with van der Waals surface area (Å²) in [5.41, 5.74) is 13.7. The lowest BCUT2D eigenvalue weighted by Gasteiger charge is -2.24. The van der Waals surface area contributed by atoms with Gasteiger partial charge >= 0.3 is 5.97 Å². The Morgan fingerprint density at radius 1 is 0.800 bits per heavy atom. The van der Waals surface area contributed by atoms with Crippen molar-refractivity contribution >= 4 is 40.5 Å². The molecule has 4 atom stereocenters. The van der Waals surface area contributed by atoms with Crippen LogP contribution in [0.15, 0.2) is 60.8 Å². The van der Waals surface area contributed by atoms with Crippen molar-refractivity contribution in [1.29, 1.82) is 0 Å². The fourth-order valence-electron chi connectivity index (χ4n) is 4.11. The highest BCUT2D eigenvalue weighted by Crippen LogP contribution is 2.19. The van der Waals surface area contributed by atoms with Crippen molar-refractivity contribution in [2.24, 2.45) is 11.5 Å². The van der Waals surface area contributed by atoms with Gasteiger partial charge in [-0.25, -0.2) is 4.79 Å². The number of benzene rings is 2. The Balaban J connectivity index is 1.83. The van der Waals surface area contributed by atoms with Crippen molar-refractivity contribution in [2.45, 2.75) is 43.4 Å². The molecule has 0 aliphatic carbocycles. The number of nitrogens with two attached hydrogens (primary N) is 2. The Morgan fingerprint density at radius 3 is 2.05 bits per heavy atom. The Hall–Kier alpha value is -4.75. The number of carboxylic acids is 1. The van der Waals surface area contributed by atoms with Gasteiger partial charge in [-0.1, -0.05) is 48.5 Å². The number of fused-ring (bicyclic) bond motifs is 1. The third-order valence-electron chi connectivity index (χ3n) is 6.20. The number of amides is 4. The summed E-state index contributed by atoms with van der Waals surface area (Å²) in [6.07, 6.45) is 1.24. The Kier molecular flexibility index (Phi) is 10.3. The maximum absolute atomic E-state index is 13.4. The molecule has 2 aromatic carbocycles. The summed E-state index contributed by atoms with van der Waals surface area (Å²) in [6, 6.07) is 10.9. The van der Waals surface area contributed by atoms with Gasteiger partial charge in [-0.3, -0.25) is 19.2 Å². The van der Waals surface area contributed by atoms with E-state index in [2.05, 4.69) is 15.6 Å². The number of aliphatic carboxylic acids is 1. The highest BCUT2D eigenvalue weighted by molar-refractivity contribution is 5.96. The number of primary amides is 1. The molecule has 0 aliphatic heterocycles. The molecular weight excluding hydrogens is 520 g/mol. The summed E-state index contributed by atoms with van der Waals surface area (Å²) in [7, 11) is 0. The first-order valence-electron chi connectivity index (χ1n) is 12.5. The number of aliphatic hydroxyl groups is 1. The first-order chi connectivity index (χ1) is 19.1. The number of rotatable bonds is 14. The fourth-order valence-corrected chi connectivity index (χ4v) is 4.11. The van der Waals surface area contributed by atoms with Crippen molar-refractivity contribution in [2.75, 3.05) is 6.61 Å². The van der Waals surface area contributed by atoms with Crippen LogP contribution in [0.2, 0.25) is 0 Å². The number of carbonyl (C=O) groups is 5. The number of carboxylic acid groups (broad SMARTS) is 1. The minimum atomic E-state index is -1.67. The van der Waals surface area contributed by atoms with Gasteiger partial charge in [-0.05, 0) is 23.6 Å². The molecule has 0 bridgehead atoms. The van der Waals surface area contributed by atoms with E-state index in [1.807, 2.05) is 59.9 Å². The molecule has 13 nitrogen and oxygen atoms in total. The summed E-state index contributed by atoms with van der Waals surface area (Å²) in [5.74, 6) is -4.96. The van der Waals surface area contributed by atoms with Crippen molar-refractivity contribution in [1.82, 2.24) is 20.9 Å². The van der Waals surface area contributed by atoms with Gasteiger partial charge in [-0.2, -0.15) is 0 Å². The second-order valence-corrected chi connectivity index (χ2v) is 9.23. The van der Waals surface area contributed by atoms with Crippen molar-refractivity contribution in [3.8, 4) is 0 Å². The molecule has 1 heterocycles. The van der Waals surface area contributed by atoms with Crippen LogP contribution < -0.4 is 27.4 Å². The minimum absolute atomic E-state index is 0.00105. The molecule has 4 amide bonds. The third-order valence-corrected chi connectivity index (χ3v) is 6.20. The molecule has 212 valence electrons.